The summed E-state index contributed by atoms with van der Waals surface area (Å²) in [5.74, 6) is 1.74. The second-order valence-corrected chi connectivity index (χ2v) is 8.70. The summed E-state index contributed by atoms with van der Waals surface area (Å²) in [5.41, 5.74) is 5.93. The molecule has 0 saturated heterocycles. The quantitative estimate of drug-likeness (QED) is 0.313. The maximum atomic E-state index is 12.1. The van der Waals surface area contributed by atoms with Crippen molar-refractivity contribution in [2.45, 2.75) is 50.9 Å². The first kappa shape index (κ1) is 20.4. The van der Waals surface area contributed by atoms with Gasteiger partial charge in [-0.15, -0.1) is 5.10 Å². The normalized spacial score (nSPS) is 11.5. The van der Waals surface area contributed by atoms with Crippen LogP contribution in [-0.2, 0) is 12.2 Å². The molecular weight excluding hydrogens is 394 g/mol. The molecule has 5 nitrogen and oxygen atoms in total. The van der Waals surface area contributed by atoms with E-state index in [2.05, 4.69) is 73.2 Å². The van der Waals surface area contributed by atoms with Gasteiger partial charge in [-0.05, 0) is 53.6 Å². The van der Waals surface area contributed by atoms with Crippen LogP contribution in [0.5, 0.6) is 0 Å². The van der Waals surface area contributed by atoms with E-state index < -0.39 is 0 Å². The van der Waals surface area contributed by atoms with Crippen molar-refractivity contribution in [3.05, 3.63) is 75.1 Å². The summed E-state index contributed by atoms with van der Waals surface area (Å²) in [5, 5.41) is 8.98. The summed E-state index contributed by atoms with van der Waals surface area (Å²) in [6, 6.07) is 14.0. The number of aryl methyl sites for hydroxylation is 2. The molecule has 6 heteroatoms. The molecule has 0 aliphatic heterocycles. The van der Waals surface area contributed by atoms with Gasteiger partial charge in [0.25, 0.3) is 0 Å². The topological polar surface area (TPSA) is 71.8 Å². The predicted octanol–water partition coefficient (Wildman–Crippen LogP) is 5.86. The standard InChI is InChI=1S/C24H25N3O2S/c1-5-16-6-8-17(9-7-16)23-25-24(27-26-23)30-13-18-11-22(28)29-21-10-15(4)19(14(2)3)12-20(18)21/h6-12,14H,5,13H2,1-4H3,(H,25,26,27). The number of nitrogens with zero attached hydrogens (tertiary/aromatic N) is 2. The first-order valence-corrected chi connectivity index (χ1v) is 11.1. The van der Waals surface area contributed by atoms with E-state index in [1.165, 1.54) is 22.9 Å². The van der Waals surface area contributed by atoms with Gasteiger partial charge >= 0.3 is 5.63 Å². The van der Waals surface area contributed by atoms with E-state index >= 15 is 0 Å². The zero-order valence-electron chi connectivity index (χ0n) is 17.7. The zero-order chi connectivity index (χ0) is 21.3. The van der Waals surface area contributed by atoms with E-state index in [-0.39, 0.29) is 5.63 Å². The molecular formula is C24H25N3O2S. The Morgan fingerprint density at radius 1 is 1.13 bits per heavy atom. The van der Waals surface area contributed by atoms with Crippen molar-refractivity contribution in [3.63, 3.8) is 0 Å². The molecule has 0 aliphatic rings. The Morgan fingerprint density at radius 3 is 2.60 bits per heavy atom. The van der Waals surface area contributed by atoms with E-state index in [0.717, 1.165) is 34.3 Å². The van der Waals surface area contributed by atoms with Crippen LogP contribution in [-0.4, -0.2) is 15.2 Å². The third kappa shape index (κ3) is 4.19. The Hall–Kier alpha value is -2.86. The number of fused-ring (bicyclic) bond motifs is 1. The number of nitrogens with one attached hydrogen (secondary N) is 1. The Balaban J connectivity index is 1.60. The van der Waals surface area contributed by atoms with Crippen LogP contribution in [0.2, 0.25) is 0 Å². The minimum atomic E-state index is -0.332. The lowest BCUT2D eigenvalue weighted by Crippen LogP contribution is -2.02. The van der Waals surface area contributed by atoms with Gasteiger partial charge in [0.15, 0.2) is 5.82 Å². The largest absolute Gasteiger partial charge is 0.423 e. The third-order valence-corrected chi connectivity index (χ3v) is 6.19. The highest BCUT2D eigenvalue weighted by Gasteiger charge is 2.13. The lowest BCUT2D eigenvalue weighted by atomic mass is 9.95. The second-order valence-electron chi connectivity index (χ2n) is 7.76. The van der Waals surface area contributed by atoms with Crippen LogP contribution in [0, 0.1) is 6.92 Å². The second kappa shape index (κ2) is 8.48. The van der Waals surface area contributed by atoms with Crippen molar-refractivity contribution in [2.75, 3.05) is 0 Å². The molecule has 4 rings (SSSR count). The molecule has 0 unspecified atom stereocenters. The number of thioether (sulfide) groups is 1. The fraction of sp³-hybridized carbons (Fsp3) is 0.292. The number of aromatic nitrogens is 3. The predicted molar refractivity (Wildman–Crippen MR) is 122 cm³/mol. The molecule has 0 spiro atoms. The van der Waals surface area contributed by atoms with Crippen LogP contribution in [0.1, 0.15) is 48.9 Å². The number of H-pyrrole nitrogens is 1. The lowest BCUT2D eigenvalue weighted by Gasteiger charge is -2.12. The summed E-state index contributed by atoms with van der Waals surface area (Å²) >= 11 is 1.50. The highest BCUT2D eigenvalue weighted by molar-refractivity contribution is 7.98. The van der Waals surface area contributed by atoms with Crippen LogP contribution in [0.4, 0.5) is 0 Å². The van der Waals surface area contributed by atoms with Crippen LogP contribution in [0.25, 0.3) is 22.4 Å². The van der Waals surface area contributed by atoms with Crippen LogP contribution >= 0.6 is 11.8 Å². The SMILES string of the molecule is CCc1ccc(-c2nc(SCc3cc(=O)oc4cc(C)c(C(C)C)cc34)n[nH]2)cc1. The molecule has 4 aromatic rings. The van der Waals surface area contributed by atoms with Crippen molar-refractivity contribution < 1.29 is 4.42 Å². The van der Waals surface area contributed by atoms with Crippen molar-refractivity contribution in [1.82, 2.24) is 15.2 Å². The fourth-order valence-corrected chi connectivity index (χ4v) is 4.40. The Bertz CT molecular complexity index is 1240. The Kier molecular flexibility index (Phi) is 5.77. The van der Waals surface area contributed by atoms with Crippen LogP contribution < -0.4 is 5.63 Å². The molecule has 0 bridgehead atoms. The first-order chi connectivity index (χ1) is 14.4. The lowest BCUT2D eigenvalue weighted by molar-refractivity contribution is 0.559. The third-order valence-electron chi connectivity index (χ3n) is 5.30. The highest BCUT2D eigenvalue weighted by atomic mass is 32.2. The summed E-state index contributed by atoms with van der Waals surface area (Å²) < 4.78 is 5.45. The number of rotatable bonds is 6. The summed E-state index contributed by atoms with van der Waals surface area (Å²) in [4.78, 5) is 16.7. The summed E-state index contributed by atoms with van der Waals surface area (Å²) in [7, 11) is 0. The van der Waals surface area contributed by atoms with E-state index in [1.54, 1.807) is 6.07 Å². The molecule has 154 valence electrons. The van der Waals surface area contributed by atoms with E-state index in [9.17, 15) is 4.79 Å². The van der Waals surface area contributed by atoms with Crippen LogP contribution in [0.15, 0.2) is 56.8 Å². The smallest absolute Gasteiger partial charge is 0.336 e. The maximum Gasteiger partial charge on any atom is 0.336 e. The van der Waals surface area contributed by atoms with Gasteiger partial charge in [0.2, 0.25) is 5.16 Å². The number of hydrogen-bond acceptors (Lipinski definition) is 5. The van der Waals surface area contributed by atoms with Gasteiger partial charge in [0, 0.05) is 22.8 Å². The average molecular weight is 420 g/mol. The van der Waals surface area contributed by atoms with Gasteiger partial charge in [-0.25, -0.2) is 9.78 Å². The van der Waals surface area contributed by atoms with Gasteiger partial charge in [-0.2, -0.15) is 0 Å². The number of benzene rings is 2. The average Bonchev–Trinajstić information content (AvgIpc) is 3.20. The Labute approximate surface area is 179 Å². The van der Waals surface area contributed by atoms with E-state index in [4.69, 9.17) is 4.42 Å². The minimum Gasteiger partial charge on any atom is -0.423 e. The van der Waals surface area contributed by atoms with Crippen LogP contribution in [0.3, 0.4) is 0 Å². The molecule has 30 heavy (non-hydrogen) atoms. The highest BCUT2D eigenvalue weighted by Crippen LogP contribution is 2.30. The Morgan fingerprint density at radius 2 is 1.90 bits per heavy atom. The van der Waals surface area contributed by atoms with Crippen molar-refractivity contribution in [3.8, 4) is 11.4 Å². The molecule has 2 aromatic carbocycles. The molecule has 1 N–H and O–H groups in total. The van der Waals surface area contributed by atoms with E-state index in [0.29, 0.717) is 22.4 Å². The van der Waals surface area contributed by atoms with Crippen molar-refractivity contribution >= 4 is 22.7 Å². The van der Waals surface area contributed by atoms with Gasteiger partial charge in [0.1, 0.15) is 5.58 Å². The summed E-state index contributed by atoms with van der Waals surface area (Å²) in [6.45, 7) is 8.53. The maximum absolute atomic E-state index is 12.1. The minimum absolute atomic E-state index is 0.332. The summed E-state index contributed by atoms with van der Waals surface area (Å²) in [6.07, 6.45) is 1.01. The van der Waals surface area contributed by atoms with Crippen molar-refractivity contribution in [2.24, 2.45) is 0 Å². The molecule has 0 fully saturated rings. The van der Waals surface area contributed by atoms with E-state index in [1.807, 2.05) is 6.07 Å². The van der Waals surface area contributed by atoms with Gasteiger partial charge in [-0.3, -0.25) is 5.10 Å². The van der Waals surface area contributed by atoms with Gasteiger partial charge in [0.05, 0.1) is 0 Å². The van der Waals surface area contributed by atoms with Gasteiger partial charge < -0.3 is 4.42 Å². The molecule has 0 aliphatic carbocycles. The molecule has 2 aromatic heterocycles. The molecule has 0 saturated carbocycles. The number of hydrogen-bond donors (Lipinski definition) is 1. The number of aromatic amines is 1. The molecule has 0 radical (unpaired) electrons. The molecule has 0 atom stereocenters. The zero-order valence-corrected chi connectivity index (χ0v) is 18.5. The fourth-order valence-electron chi connectivity index (χ4n) is 3.61. The molecule has 0 amide bonds. The van der Waals surface area contributed by atoms with Gasteiger partial charge in [-0.1, -0.05) is 56.8 Å². The van der Waals surface area contributed by atoms with Crippen molar-refractivity contribution in [1.29, 1.82) is 0 Å². The first-order valence-electron chi connectivity index (χ1n) is 10.2. The monoisotopic (exact) mass is 419 g/mol. The molecule has 2 heterocycles.